The van der Waals surface area contributed by atoms with Gasteiger partial charge in [0.15, 0.2) is 0 Å². The molecule has 2 saturated heterocycles. The summed E-state index contributed by atoms with van der Waals surface area (Å²) in [5.74, 6) is 0.467. The lowest BCUT2D eigenvalue weighted by molar-refractivity contribution is 0.0730. The van der Waals surface area contributed by atoms with E-state index in [4.69, 9.17) is 14.2 Å². The van der Waals surface area contributed by atoms with Crippen molar-refractivity contribution in [3.8, 4) is 5.75 Å². The van der Waals surface area contributed by atoms with Crippen LogP contribution in [0.5, 0.6) is 5.75 Å². The summed E-state index contributed by atoms with van der Waals surface area (Å²) in [7, 11) is -0.420. The van der Waals surface area contributed by atoms with Gasteiger partial charge < -0.3 is 24.0 Å². The van der Waals surface area contributed by atoms with Crippen LogP contribution < -0.4 is 9.64 Å². The number of sulfonamides is 1. The monoisotopic (exact) mass is 489 g/mol. The molecule has 4 rings (SSSR count). The molecule has 2 aromatic carbocycles. The maximum absolute atomic E-state index is 13.6. The second kappa shape index (κ2) is 10.7. The third kappa shape index (κ3) is 5.35. The largest absolute Gasteiger partial charge is 0.497 e. The van der Waals surface area contributed by atoms with Crippen molar-refractivity contribution < 1.29 is 27.4 Å². The van der Waals surface area contributed by atoms with Gasteiger partial charge in [0.2, 0.25) is 10.0 Å². The third-order valence-corrected chi connectivity index (χ3v) is 7.95. The fourth-order valence-electron chi connectivity index (χ4n) is 4.19. The number of anilines is 1. The zero-order valence-electron chi connectivity index (χ0n) is 19.6. The van der Waals surface area contributed by atoms with E-state index in [-0.39, 0.29) is 10.8 Å². The second-order valence-electron chi connectivity index (χ2n) is 8.31. The van der Waals surface area contributed by atoms with Gasteiger partial charge in [0, 0.05) is 45.5 Å². The van der Waals surface area contributed by atoms with Crippen molar-refractivity contribution in [2.75, 3.05) is 71.7 Å². The predicted octanol–water partition coefficient (Wildman–Crippen LogP) is 1.82. The molecule has 0 aliphatic carbocycles. The van der Waals surface area contributed by atoms with E-state index in [1.807, 2.05) is 24.3 Å². The normalized spacial score (nSPS) is 17.4. The van der Waals surface area contributed by atoms with Crippen molar-refractivity contribution in [2.45, 2.75) is 11.4 Å². The maximum atomic E-state index is 13.6. The number of ether oxygens (including phenoxy) is 3. The van der Waals surface area contributed by atoms with Gasteiger partial charge in [-0.05, 0) is 35.9 Å². The van der Waals surface area contributed by atoms with Crippen LogP contribution in [0.15, 0.2) is 47.4 Å². The molecule has 34 heavy (non-hydrogen) atoms. The second-order valence-corrected chi connectivity index (χ2v) is 10.2. The Labute approximate surface area is 200 Å². The van der Waals surface area contributed by atoms with Gasteiger partial charge in [-0.2, -0.15) is 4.31 Å². The first-order valence-corrected chi connectivity index (χ1v) is 12.8. The van der Waals surface area contributed by atoms with Crippen molar-refractivity contribution in [2.24, 2.45) is 0 Å². The summed E-state index contributed by atoms with van der Waals surface area (Å²) in [6.45, 7) is 4.06. The average molecular weight is 490 g/mol. The van der Waals surface area contributed by atoms with Crippen molar-refractivity contribution in [1.29, 1.82) is 0 Å². The minimum Gasteiger partial charge on any atom is -0.497 e. The molecule has 0 atom stereocenters. The van der Waals surface area contributed by atoms with E-state index in [1.165, 1.54) is 10.4 Å². The van der Waals surface area contributed by atoms with Crippen molar-refractivity contribution in [3.05, 3.63) is 53.6 Å². The average Bonchev–Trinajstić information content (AvgIpc) is 2.89. The molecule has 184 valence electrons. The van der Waals surface area contributed by atoms with Gasteiger partial charge in [-0.15, -0.1) is 0 Å². The molecule has 2 aliphatic rings. The zero-order chi connectivity index (χ0) is 24.1. The summed E-state index contributed by atoms with van der Waals surface area (Å²) < 4.78 is 44.0. The molecular weight excluding hydrogens is 458 g/mol. The molecule has 1 amide bonds. The number of carbonyl (C=O) groups excluding carboxylic acids is 1. The first kappa shape index (κ1) is 24.5. The quantitative estimate of drug-likeness (QED) is 0.586. The first-order chi connectivity index (χ1) is 16.4. The van der Waals surface area contributed by atoms with E-state index in [1.54, 1.807) is 31.2 Å². The number of carbonyl (C=O) groups is 1. The number of hydrogen-bond acceptors (Lipinski definition) is 7. The van der Waals surface area contributed by atoms with Crippen LogP contribution >= 0.6 is 0 Å². The highest BCUT2D eigenvalue weighted by Gasteiger charge is 2.29. The van der Waals surface area contributed by atoms with Gasteiger partial charge >= 0.3 is 0 Å². The topological polar surface area (TPSA) is 88.6 Å². The summed E-state index contributed by atoms with van der Waals surface area (Å²) in [5, 5.41) is 0. The number of methoxy groups -OCH3 is 1. The smallest absolute Gasteiger partial charge is 0.256 e. The Kier molecular flexibility index (Phi) is 7.72. The molecule has 0 bridgehead atoms. The molecular formula is C24H31N3O6S. The molecule has 0 saturated carbocycles. The highest BCUT2D eigenvalue weighted by Crippen LogP contribution is 2.28. The maximum Gasteiger partial charge on any atom is 0.256 e. The highest BCUT2D eigenvalue weighted by atomic mass is 32.2. The molecule has 0 N–H and O–H groups in total. The fraction of sp³-hybridized carbons (Fsp3) is 0.458. The van der Waals surface area contributed by atoms with Crippen molar-refractivity contribution in [1.82, 2.24) is 9.21 Å². The van der Waals surface area contributed by atoms with Crippen LogP contribution in [0.4, 0.5) is 5.69 Å². The molecule has 2 aliphatic heterocycles. The van der Waals surface area contributed by atoms with E-state index < -0.39 is 10.0 Å². The Bertz CT molecular complexity index is 1110. The number of amides is 1. The van der Waals surface area contributed by atoms with E-state index in [0.717, 1.165) is 5.56 Å². The zero-order valence-corrected chi connectivity index (χ0v) is 20.4. The van der Waals surface area contributed by atoms with Gasteiger partial charge in [0.25, 0.3) is 5.91 Å². The van der Waals surface area contributed by atoms with Crippen molar-refractivity contribution >= 4 is 21.6 Å². The van der Waals surface area contributed by atoms with Crippen LogP contribution in [0.2, 0.25) is 0 Å². The number of morpholine rings is 2. The van der Waals surface area contributed by atoms with Gasteiger partial charge in [0.05, 0.1) is 44.0 Å². The standard InChI is InChI=1S/C24H31N3O6S/c1-25(18-19-4-3-5-20(16-19)31-2)24(28)22-17-21(34(29,30)27-10-14-33-15-11-27)6-7-23(22)26-8-12-32-13-9-26/h3-7,16-17H,8-15,18H2,1-2H3. The van der Waals surface area contributed by atoms with E-state index in [2.05, 4.69) is 4.90 Å². The SMILES string of the molecule is COc1cccc(CN(C)C(=O)c2cc(S(=O)(=O)N3CCOCC3)ccc2N2CCOCC2)c1. The lowest BCUT2D eigenvalue weighted by atomic mass is 10.1. The molecule has 9 nitrogen and oxygen atoms in total. The first-order valence-electron chi connectivity index (χ1n) is 11.3. The molecule has 10 heteroatoms. The minimum absolute atomic E-state index is 0.115. The number of nitrogens with zero attached hydrogens (tertiary/aromatic N) is 3. The number of benzene rings is 2. The van der Waals surface area contributed by atoms with Crippen LogP contribution in [-0.2, 0) is 26.0 Å². The molecule has 2 heterocycles. The fourth-order valence-corrected chi connectivity index (χ4v) is 5.62. The highest BCUT2D eigenvalue weighted by molar-refractivity contribution is 7.89. The van der Waals surface area contributed by atoms with E-state index >= 15 is 0 Å². The predicted molar refractivity (Wildman–Crippen MR) is 128 cm³/mol. The van der Waals surface area contributed by atoms with Gasteiger partial charge in [-0.25, -0.2) is 8.42 Å². The molecule has 0 aromatic heterocycles. The van der Waals surface area contributed by atoms with E-state index in [0.29, 0.717) is 76.2 Å². The Morgan fingerprint density at radius 3 is 2.35 bits per heavy atom. The van der Waals surface area contributed by atoms with Gasteiger partial charge in [-0.3, -0.25) is 4.79 Å². The summed E-state index contributed by atoms with van der Waals surface area (Å²) in [6.07, 6.45) is 0. The Morgan fingerprint density at radius 1 is 1.00 bits per heavy atom. The molecule has 0 radical (unpaired) electrons. The minimum atomic E-state index is -3.74. The van der Waals surface area contributed by atoms with Crippen LogP contribution in [0.1, 0.15) is 15.9 Å². The Balaban J connectivity index is 1.66. The molecule has 0 spiro atoms. The lowest BCUT2D eigenvalue weighted by Gasteiger charge is -2.32. The summed E-state index contributed by atoms with van der Waals surface area (Å²) in [6, 6.07) is 12.4. The van der Waals surface area contributed by atoms with Crippen molar-refractivity contribution in [3.63, 3.8) is 0 Å². The van der Waals surface area contributed by atoms with Crippen LogP contribution in [0.3, 0.4) is 0 Å². The van der Waals surface area contributed by atoms with Crippen LogP contribution in [-0.4, -0.2) is 90.3 Å². The molecule has 0 unspecified atom stereocenters. The summed E-state index contributed by atoms with van der Waals surface area (Å²) in [4.78, 5) is 17.4. The Morgan fingerprint density at radius 2 is 1.68 bits per heavy atom. The molecule has 2 fully saturated rings. The third-order valence-electron chi connectivity index (χ3n) is 6.06. The van der Waals surface area contributed by atoms with Crippen LogP contribution in [0.25, 0.3) is 0 Å². The lowest BCUT2D eigenvalue weighted by Crippen LogP contribution is -2.41. The number of hydrogen-bond donors (Lipinski definition) is 0. The van der Waals surface area contributed by atoms with Crippen LogP contribution in [0, 0.1) is 0 Å². The van der Waals surface area contributed by atoms with E-state index in [9.17, 15) is 13.2 Å². The summed E-state index contributed by atoms with van der Waals surface area (Å²) >= 11 is 0. The molecule has 2 aromatic rings. The van der Waals surface area contributed by atoms with Gasteiger partial charge in [-0.1, -0.05) is 12.1 Å². The summed E-state index contributed by atoms with van der Waals surface area (Å²) in [5.41, 5.74) is 1.99. The van der Waals surface area contributed by atoms with Gasteiger partial charge in [0.1, 0.15) is 5.75 Å². The Hall–Kier alpha value is -2.66. The number of rotatable bonds is 7.